The van der Waals surface area contributed by atoms with E-state index in [9.17, 15) is 26.3 Å². The van der Waals surface area contributed by atoms with E-state index in [0.29, 0.717) is 24.5 Å². The van der Waals surface area contributed by atoms with Crippen molar-refractivity contribution in [3.8, 4) is 11.4 Å². The van der Waals surface area contributed by atoms with Crippen LogP contribution in [0.25, 0.3) is 22.6 Å². The van der Waals surface area contributed by atoms with Gasteiger partial charge in [0.2, 0.25) is 0 Å². The first-order valence-electron chi connectivity index (χ1n) is 12.3. The summed E-state index contributed by atoms with van der Waals surface area (Å²) >= 11 is 0. The van der Waals surface area contributed by atoms with Crippen LogP contribution in [0.1, 0.15) is 30.4 Å². The van der Waals surface area contributed by atoms with Gasteiger partial charge in [0.15, 0.2) is 5.65 Å². The second kappa shape index (κ2) is 10.8. The third-order valence-corrected chi connectivity index (χ3v) is 6.60. The van der Waals surface area contributed by atoms with E-state index < -0.39 is 29.2 Å². The standard InChI is InChI=1S/C25H23F6N9/c1-40-10-2-3-15(40)6-8-32-20-11-16(25(29,30)31)21(39-38-20)18-13-35-22-17(7-9-33-23(22)37-18)36-19-5-4-14(12-34-19)24(26,27)28/h4-5,7,9,11-13,15H,2-3,6,8,10H2,1H3,(H,32,38)(H,33,34,36,37). The molecule has 1 aliphatic heterocycles. The van der Waals surface area contributed by atoms with E-state index in [0.717, 1.165) is 50.2 Å². The van der Waals surface area contributed by atoms with Crippen LogP contribution in [0.4, 0.5) is 43.7 Å². The number of likely N-dealkylation sites (tertiary alicyclic amines) is 1. The number of anilines is 3. The summed E-state index contributed by atoms with van der Waals surface area (Å²) in [6.45, 7) is 1.45. The van der Waals surface area contributed by atoms with E-state index in [4.69, 9.17) is 0 Å². The Morgan fingerprint density at radius 3 is 2.45 bits per heavy atom. The molecule has 40 heavy (non-hydrogen) atoms. The largest absolute Gasteiger partial charge is 0.418 e. The Morgan fingerprint density at radius 1 is 0.950 bits per heavy atom. The molecule has 1 fully saturated rings. The average molecular weight is 564 g/mol. The summed E-state index contributed by atoms with van der Waals surface area (Å²) in [5.74, 6) is 0.0957. The zero-order valence-corrected chi connectivity index (χ0v) is 21.1. The summed E-state index contributed by atoms with van der Waals surface area (Å²) in [5, 5.41) is 13.5. The molecule has 0 radical (unpaired) electrons. The lowest BCUT2D eigenvalue weighted by Crippen LogP contribution is -2.27. The maximum Gasteiger partial charge on any atom is 0.418 e. The van der Waals surface area contributed by atoms with Gasteiger partial charge in [-0.1, -0.05) is 0 Å². The van der Waals surface area contributed by atoms with Crippen molar-refractivity contribution in [2.24, 2.45) is 0 Å². The van der Waals surface area contributed by atoms with Crippen LogP contribution in [0, 0.1) is 0 Å². The molecule has 4 aromatic heterocycles. The molecule has 1 saturated heterocycles. The normalized spacial score (nSPS) is 16.4. The van der Waals surface area contributed by atoms with Gasteiger partial charge in [-0.25, -0.2) is 19.9 Å². The summed E-state index contributed by atoms with van der Waals surface area (Å²) in [6, 6.07) is 4.76. The maximum atomic E-state index is 14.0. The minimum atomic E-state index is -4.74. The Kier molecular flexibility index (Phi) is 7.40. The molecule has 2 N–H and O–H groups in total. The molecule has 1 unspecified atom stereocenters. The molecule has 9 nitrogen and oxygen atoms in total. The fourth-order valence-corrected chi connectivity index (χ4v) is 4.50. The highest BCUT2D eigenvalue weighted by Gasteiger charge is 2.36. The number of aromatic nitrogens is 6. The smallest absolute Gasteiger partial charge is 0.369 e. The Bertz CT molecular complexity index is 1490. The predicted octanol–water partition coefficient (Wildman–Crippen LogP) is 5.55. The molecule has 0 aliphatic carbocycles. The molecule has 15 heteroatoms. The van der Waals surface area contributed by atoms with Crippen LogP contribution in [0.15, 0.2) is 42.9 Å². The Hall–Kier alpha value is -4.14. The number of hydrogen-bond donors (Lipinski definition) is 2. The number of halogens is 6. The molecular weight excluding hydrogens is 540 g/mol. The van der Waals surface area contributed by atoms with Gasteiger partial charge in [0, 0.05) is 25.0 Å². The van der Waals surface area contributed by atoms with Gasteiger partial charge in [0.25, 0.3) is 0 Å². The van der Waals surface area contributed by atoms with Crippen LogP contribution < -0.4 is 10.6 Å². The van der Waals surface area contributed by atoms with E-state index in [-0.39, 0.29) is 28.5 Å². The first kappa shape index (κ1) is 27.4. The second-order valence-corrected chi connectivity index (χ2v) is 9.32. The van der Waals surface area contributed by atoms with Gasteiger partial charge in [-0.3, -0.25) is 0 Å². The minimum absolute atomic E-state index is 0.000809. The average Bonchev–Trinajstić information content (AvgIpc) is 3.32. The van der Waals surface area contributed by atoms with Crippen molar-refractivity contribution in [3.63, 3.8) is 0 Å². The van der Waals surface area contributed by atoms with Gasteiger partial charge in [-0.05, 0) is 57.1 Å². The molecular formula is C25H23F6N9. The van der Waals surface area contributed by atoms with Gasteiger partial charge in [0.1, 0.15) is 28.5 Å². The van der Waals surface area contributed by atoms with Crippen LogP contribution >= 0.6 is 0 Å². The van der Waals surface area contributed by atoms with E-state index in [1.807, 2.05) is 7.05 Å². The second-order valence-electron chi connectivity index (χ2n) is 9.32. The summed E-state index contributed by atoms with van der Waals surface area (Å²) in [5.41, 5.74) is -2.18. The quantitative estimate of drug-likeness (QED) is 0.280. The minimum Gasteiger partial charge on any atom is -0.369 e. The highest BCUT2D eigenvalue weighted by Crippen LogP contribution is 2.37. The molecule has 4 aromatic rings. The lowest BCUT2D eigenvalue weighted by molar-refractivity contribution is -0.138. The van der Waals surface area contributed by atoms with Crippen molar-refractivity contribution in [1.29, 1.82) is 0 Å². The fourth-order valence-electron chi connectivity index (χ4n) is 4.50. The molecule has 1 aliphatic rings. The lowest BCUT2D eigenvalue weighted by Gasteiger charge is -2.19. The van der Waals surface area contributed by atoms with Gasteiger partial charge in [0.05, 0.1) is 23.0 Å². The van der Waals surface area contributed by atoms with Crippen molar-refractivity contribution >= 4 is 28.5 Å². The topological polar surface area (TPSA) is 105 Å². The summed E-state index contributed by atoms with van der Waals surface area (Å²) in [4.78, 5) is 18.5. The summed E-state index contributed by atoms with van der Waals surface area (Å²) < 4.78 is 80.4. The molecule has 0 saturated carbocycles. The molecule has 0 bridgehead atoms. The number of fused-ring (bicyclic) bond motifs is 1. The Balaban J connectivity index is 1.39. The van der Waals surface area contributed by atoms with E-state index in [2.05, 4.69) is 45.7 Å². The SMILES string of the molecule is CN1CCCC1CCNc1cc(C(F)(F)F)c(-c2cnc3c(Nc4ccc(C(F)(F)F)cn4)ccnc3n2)nn1. The molecule has 210 valence electrons. The molecule has 0 spiro atoms. The third kappa shape index (κ3) is 6.03. The first-order valence-corrected chi connectivity index (χ1v) is 12.3. The van der Waals surface area contributed by atoms with E-state index in [1.165, 1.54) is 12.3 Å². The Labute approximate surface area is 224 Å². The first-order chi connectivity index (χ1) is 19.0. The van der Waals surface area contributed by atoms with Crippen LogP contribution in [0.3, 0.4) is 0 Å². The zero-order chi connectivity index (χ0) is 28.5. The van der Waals surface area contributed by atoms with Crippen LogP contribution in [0.2, 0.25) is 0 Å². The van der Waals surface area contributed by atoms with Gasteiger partial charge >= 0.3 is 12.4 Å². The van der Waals surface area contributed by atoms with Crippen molar-refractivity contribution in [2.45, 2.75) is 37.7 Å². The highest BCUT2D eigenvalue weighted by molar-refractivity contribution is 5.87. The van der Waals surface area contributed by atoms with Crippen LogP contribution in [-0.4, -0.2) is 61.2 Å². The number of nitrogens with one attached hydrogen (secondary N) is 2. The Morgan fingerprint density at radius 2 is 1.77 bits per heavy atom. The van der Waals surface area contributed by atoms with Crippen molar-refractivity contribution < 1.29 is 26.3 Å². The number of rotatable bonds is 7. The molecule has 1 atom stereocenters. The number of alkyl halides is 6. The number of pyridine rings is 2. The van der Waals surface area contributed by atoms with E-state index >= 15 is 0 Å². The summed E-state index contributed by atoms with van der Waals surface area (Å²) in [7, 11) is 2.03. The van der Waals surface area contributed by atoms with E-state index in [1.54, 1.807) is 0 Å². The van der Waals surface area contributed by atoms with Crippen LogP contribution in [0.5, 0.6) is 0 Å². The molecule has 0 amide bonds. The van der Waals surface area contributed by atoms with Gasteiger partial charge in [-0.2, -0.15) is 26.3 Å². The van der Waals surface area contributed by atoms with Crippen molar-refractivity contribution in [3.05, 3.63) is 54.0 Å². The molecule has 5 heterocycles. The number of hydrogen-bond acceptors (Lipinski definition) is 9. The van der Waals surface area contributed by atoms with Gasteiger partial charge in [-0.15, -0.1) is 10.2 Å². The predicted molar refractivity (Wildman–Crippen MR) is 135 cm³/mol. The monoisotopic (exact) mass is 563 g/mol. The highest BCUT2D eigenvalue weighted by atomic mass is 19.4. The summed E-state index contributed by atoms with van der Waals surface area (Å²) in [6.07, 6.45) is -3.25. The molecule has 0 aromatic carbocycles. The molecule has 5 rings (SSSR count). The fraction of sp³-hybridized carbons (Fsp3) is 0.360. The van der Waals surface area contributed by atoms with Crippen molar-refractivity contribution in [2.75, 3.05) is 30.8 Å². The van der Waals surface area contributed by atoms with Gasteiger partial charge < -0.3 is 15.5 Å². The number of nitrogens with zero attached hydrogens (tertiary/aromatic N) is 7. The van der Waals surface area contributed by atoms with Crippen molar-refractivity contribution in [1.82, 2.24) is 35.0 Å². The maximum absolute atomic E-state index is 14.0. The zero-order valence-electron chi connectivity index (χ0n) is 21.1. The van der Waals surface area contributed by atoms with Crippen LogP contribution in [-0.2, 0) is 12.4 Å². The third-order valence-electron chi connectivity index (χ3n) is 6.60. The lowest BCUT2D eigenvalue weighted by atomic mass is 10.1.